The second-order valence-corrected chi connectivity index (χ2v) is 21.4. The van der Waals surface area contributed by atoms with Gasteiger partial charge < -0.3 is 30.5 Å². The maximum Gasteiger partial charge on any atom is 0.433 e. The zero-order valence-corrected chi connectivity index (χ0v) is 40.2. The van der Waals surface area contributed by atoms with Crippen LogP contribution in [-0.4, -0.2) is 89.2 Å². The van der Waals surface area contributed by atoms with Crippen LogP contribution in [0.25, 0.3) is 0 Å². The summed E-state index contributed by atoms with van der Waals surface area (Å²) >= 11 is 6.38. The number of imide groups is 1. The Balaban J connectivity index is 0.860. The first-order chi connectivity index (χ1) is 33.7. The second-order valence-electron chi connectivity index (χ2n) is 21.0. The Morgan fingerprint density at radius 3 is 2.61 bits per heavy atom. The highest BCUT2D eigenvalue weighted by Gasteiger charge is 2.62. The van der Waals surface area contributed by atoms with E-state index in [0.717, 1.165) is 36.5 Å². The van der Waals surface area contributed by atoms with E-state index in [1.165, 1.54) is 24.3 Å². The number of anilines is 2. The van der Waals surface area contributed by atoms with Crippen molar-refractivity contribution in [2.45, 2.75) is 101 Å². The predicted molar refractivity (Wildman–Crippen MR) is 255 cm³/mol. The number of nitrogens with one attached hydrogen (secondary N) is 4. The Morgan fingerprint density at radius 2 is 1.86 bits per heavy atom. The number of alkyl halides is 3. The number of hydrogen-bond donors (Lipinski definition) is 4. The molecule has 13 nitrogen and oxygen atoms in total. The fourth-order valence-electron chi connectivity index (χ4n) is 11.8. The molecular formula is C53H52ClF4N7O6. The third-order valence-corrected chi connectivity index (χ3v) is 15.6. The number of nitrogens with zero attached hydrogens (tertiary/aromatic N) is 3. The monoisotopic (exact) mass is 993 g/mol. The van der Waals surface area contributed by atoms with E-state index in [1.807, 2.05) is 31.7 Å². The van der Waals surface area contributed by atoms with Crippen LogP contribution in [0.4, 0.5) is 28.9 Å². The minimum atomic E-state index is -4.71. The maximum absolute atomic E-state index is 16.4. The number of rotatable bonds is 7. The molecule has 4 fully saturated rings. The van der Waals surface area contributed by atoms with Gasteiger partial charge in [0.1, 0.15) is 23.3 Å². The van der Waals surface area contributed by atoms with Crippen LogP contribution in [-0.2, 0) is 32.5 Å². The summed E-state index contributed by atoms with van der Waals surface area (Å²) in [5, 5.41) is 11.8. The molecule has 1 saturated carbocycles. The van der Waals surface area contributed by atoms with Crippen LogP contribution >= 0.6 is 11.6 Å². The Morgan fingerprint density at radius 1 is 1.06 bits per heavy atom. The summed E-state index contributed by atoms with van der Waals surface area (Å²) in [6.07, 6.45) is -0.0918. The summed E-state index contributed by atoms with van der Waals surface area (Å²) in [4.78, 5) is 73.5. The molecule has 1 aliphatic carbocycles. The van der Waals surface area contributed by atoms with Crippen molar-refractivity contribution >= 4 is 52.5 Å². The average Bonchev–Trinajstić information content (AvgIpc) is 3.54. The minimum Gasteiger partial charge on any atom is -0.495 e. The number of pyridine rings is 1. The average molecular weight is 994 g/mol. The molecule has 18 heteroatoms. The molecule has 5 amide bonds. The highest BCUT2D eigenvalue weighted by molar-refractivity contribution is 6.30. The van der Waals surface area contributed by atoms with E-state index in [0.29, 0.717) is 36.2 Å². The van der Waals surface area contributed by atoms with E-state index in [1.54, 1.807) is 42.5 Å². The number of halogens is 5. The number of hydrogen-bond acceptors (Lipinski definition) is 9. The zero-order valence-electron chi connectivity index (χ0n) is 39.5. The molecule has 10 rings (SSSR count). The van der Waals surface area contributed by atoms with Crippen LogP contribution in [0.15, 0.2) is 66.9 Å². The second kappa shape index (κ2) is 17.7. The number of methoxy groups -OCH3 is 1. The van der Waals surface area contributed by atoms with Crippen LogP contribution in [0.5, 0.6) is 5.75 Å². The number of fused-ring (bicyclic) bond motifs is 3. The Bertz CT molecular complexity index is 2990. The molecule has 0 radical (unpaired) electrons. The van der Waals surface area contributed by atoms with Crippen LogP contribution in [0.3, 0.4) is 0 Å². The van der Waals surface area contributed by atoms with Gasteiger partial charge in [0, 0.05) is 95.4 Å². The first-order valence-corrected chi connectivity index (χ1v) is 24.2. The van der Waals surface area contributed by atoms with Gasteiger partial charge in [-0.05, 0) is 97.2 Å². The number of ether oxygens (including phenoxy) is 1. The largest absolute Gasteiger partial charge is 0.495 e. The minimum absolute atomic E-state index is 0.0535. The van der Waals surface area contributed by atoms with E-state index < -0.39 is 59.0 Å². The van der Waals surface area contributed by atoms with Crippen molar-refractivity contribution in [3.63, 3.8) is 0 Å². The van der Waals surface area contributed by atoms with Gasteiger partial charge in [-0.25, -0.2) is 4.39 Å². The van der Waals surface area contributed by atoms with Gasteiger partial charge in [0.15, 0.2) is 0 Å². The van der Waals surface area contributed by atoms with Gasteiger partial charge in [-0.15, -0.1) is 0 Å². The van der Waals surface area contributed by atoms with E-state index in [4.69, 9.17) is 16.3 Å². The maximum atomic E-state index is 16.4. The van der Waals surface area contributed by atoms with Crippen LogP contribution in [0, 0.1) is 34.4 Å². The molecule has 3 saturated heterocycles. The molecule has 4 N–H and O–H groups in total. The van der Waals surface area contributed by atoms with Crippen molar-refractivity contribution in [3.05, 3.63) is 117 Å². The number of carbonyl (C=O) groups excluding carboxylic acids is 5. The molecule has 1 unspecified atom stereocenters. The molecule has 2 spiro atoms. The molecule has 5 aliphatic heterocycles. The van der Waals surface area contributed by atoms with Crippen LogP contribution in [0.1, 0.15) is 114 Å². The third kappa shape index (κ3) is 8.66. The van der Waals surface area contributed by atoms with Crippen LogP contribution < -0.4 is 26.0 Å². The first-order valence-electron chi connectivity index (χ1n) is 23.8. The van der Waals surface area contributed by atoms with Gasteiger partial charge in [-0.1, -0.05) is 56.3 Å². The SMILES string of the molecule is COc1cc(C(=O)N2CCC[C@@]3(C[C@@H]3C#Cc3ccc4c(c3)CN(C3CCC(=O)NC3=O)C4=O)C2)ccc1NC(=O)[C@@H]1N[C@@H](CC(C)(C)C)[C@@]2(CNc3cc(C(F)(F)F)ncc32)[C@H]1c1cccc(Cl)c1F. The molecule has 4 aromatic rings. The lowest BCUT2D eigenvalue weighted by atomic mass is 9.63. The lowest BCUT2D eigenvalue weighted by molar-refractivity contribution is -0.141. The highest BCUT2D eigenvalue weighted by atomic mass is 35.5. The van der Waals surface area contributed by atoms with Gasteiger partial charge >= 0.3 is 6.18 Å². The number of carbonyl (C=O) groups is 5. The molecule has 3 aromatic carbocycles. The lowest BCUT2D eigenvalue weighted by Gasteiger charge is -2.39. The Kier molecular flexibility index (Phi) is 12.0. The van der Waals surface area contributed by atoms with Gasteiger partial charge in [-0.2, -0.15) is 13.2 Å². The summed E-state index contributed by atoms with van der Waals surface area (Å²) < 4.78 is 63.8. The smallest absolute Gasteiger partial charge is 0.433 e. The van der Waals surface area contributed by atoms with E-state index in [-0.39, 0.29) is 88.1 Å². The summed E-state index contributed by atoms with van der Waals surface area (Å²) in [5.41, 5.74) is 0.631. The molecule has 0 bridgehead atoms. The van der Waals surface area contributed by atoms with Gasteiger partial charge in [-0.3, -0.25) is 34.3 Å². The molecule has 6 heterocycles. The fraction of sp³-hybridized carbons (Fsp3) is 0.434. The van der Waals surface area contributed by atoms with Gasteiger partial charge in [0.25, 0.3) is 11.8 Å². The molecular weight excluding hydrogens is 942 g/mol. The number of aromatic nitrogens is 1. The summed E-state index contributed by atoms with van der Waals surface area (Å²) in [6.45, 7) is 7.42. The van der Waals surface area contributed by atoms with Crippen molar-refractivity contribution in [2.75, 3.05) is 37.4 Å². The standard InChI is InChI=1S/C53H52ClF4N7O6/c1-50(2,3)23-41-52(26-60-37-21-40(53(56,57)58)59-24-34(37)52)43(33-7-5-8-35(54)44(33)55)45(62-41)47(68)61-36-14-11-29(20-39(36)71-4)48(69)64-18-6-17-51(27-64)22-31(51)12-9-28-10-13-32-30(19-28)25-65(49(32)70)38-15-16-42(66)63-46(38)67/h5,7-8,10-11,13-14,19-21,24,31,38,41,43,45,60,62H,6,15-18,22-23,25-27H2,1-4H3,(H,61,68)(H,63,66,67)/t31-,38?,41-,43-,45+,51+,52-/m0/s1. The summed E-state index contributed by atoms with van der Waals surface area (Å²) in [5.74, 6) is 3.43. The fourth-order valence-corrected chi connectivity index (χ4v) is 12.0. The number of piperidine rings is 2. The summed E-state index contributed by atoms with van der Waals surface area (Å²) in [6, 6.07) is 13.3. The van der Waals surface area contributed by atoms with E-state index in [2.05, 4.69) is 38.1 Å². The quantitative estimate of drug-likeness (QED) is 0.0823. The molecule has 370 valence electrons. The van der Waals surface area contributed by atoms with Crippen molar-refractivity contribution < 1.29 is 46.3 Å². The number of amides is 5. The lowest BCUT2D eigenvalue weighted by Crippen LogP contribution is -2.52. The van der Waals surface area contributed by atoms with Crippen molar-refractivity contribution in [1.82, 2.24) is 25.4 Å². The first kappa shape index (κ1) is 48.1. The topological polar surface area (TPSA) is 162 Å². The van der Waals surface area contributed by atoms with Crippen molar-refractivity contribution in [3.8, 4) is 17.6 Å². The van der Waals surface area contributed by atoms with E-state index >= 15 is 4.39 Å². The molecule has 6 aliphatic rings. The highest BCUT2D eigenvalue weighted by Crippen LogP contribution is 2.59. The normalized spacial score (nSPS) is 26.7. The molecule has 71 heavy (non-hydrogen) atoms. The van der Waals surface area contributed by atoms with Crippen molar-refractivity contribution in [2.24, 2.45) is 16.7 Å². The van der Waals surface area contributed by atoms with Gasteiger partial charge in [0.2, 0.25) is 17.7 Å². The van der Waals surface area contributed by atoms with E-state index in [9.17, 15) is 37.1 Å². The summed E-state index contributed by atoms with van der Waals surface area (Å²) in [7, 11) is 1.42. The Hall–Kier alpha value is -6.51. The zero-order chi connectivity index (χ0) is 50.4. The predicted octanol–water partition coefficient (Wildman–Crippen LogP) is 7.82. The Labute approximate surface area is 412 Å². The van der Waals surface area contributed by atoms with Crippen molar-refractivity contribution in [1.29, 1.82) is 0 Å². The van der Waals surface area contributed by atoms with Crippen LogP contribution in [0.2, 0.25) is 5.02 Å². The van der Waals surface area contributed by atoms with Gasteiger partial charge in [0.05, 0.1) is 23.9 Å². The molecule has 1 aromatic heterocycles. The number of benzene rings is 3. The third-order valence-electron chi connectivity index (χ3n) is 15.3. The number of likely N-dealkylation sites (tertiary alicyclic amines) is 1. The molecule has 7 atom stereocenters.